The first-order valence-electron chi connectivity index (χ1n) is 10.4. The third-order valence-electron chi connectivity index (χ3n) is 5.71. The summed E-state index contributed by atoms with van der Waals surface area (Å²) in [6.45, 7) is 4.07. The third kappa shape index (κ3) is 4.30. The van der Waals surface area contributed by atoms with Crippen LogP contribution in [0.15, 0.2) is 48.5 Å². The van der Waals surface area contributed by atoms with Crippen LogP contribution in [0.1, 0.15) is 31.4 Å². The van der Waals surface area contributed by atoms with Gasteiger partial charge in [0, 0.05) is 11.6 Å². The quantitative estimate of drug-likeness (QED) is 0.767. The Kier molecular flexibility index (Phi) is 6.25. The van der Waals surface area contributed by atoms with E-state index in [4.69, 9.17) is 16.3 Å². The second kappa shape index (κ2) is 9.06. The molecule has 30 heavy (non-hydrogen) atoms. The number of fused-ring (bicyclic) bond motifs is 1. The molecule has 2 heterocycles. The molecule has 1 N–H and O–H groups in total. The zero-order valence-corrected chi connectivity index (χ0v) is 17.8. The molecular weight excluding hydrogens is 402 g/mol. The summed E-state index contributed by atoms with van der Waals surface area (Å²) in [6.07, 6.45) is 1.67. The Bertz CT molecular complexity index is 929. The Balaban J connectivity index is 1.46. The van der Waals surface area contributed by atoms with E-state index >= 15 is 0 Å². The lowest BCUT2D eigenvalue weighted by atomic mass is 10.1. The Morgan fingerprint density at radius 2 is 1.87 bits per heavy atom. The molecule has 0 aliphatic carbocycles. The van der Waals surface area contributed by atoms with Gasteiger partial charge in [-0.3, -0.25) is 19.4 Å². The molecular formula is C23H26ClN3O3. The van der Waals surface area contributed by atoms with Gasteiger partial charge in [0.1, 0.15) is 12.3 Å². The van der Waals surface area contributed by atoms with E-state index < -0.39 is 6.10 Å². The van der Waals surface area contributed by atoms with Crippen molar-refractivity contribution in [3.8, 4) is 5.75 Å². The second-order valence-corrected chi connectivity index (χ2v) is 8.14. The van der Waals surface area contributed by atoms with Gasteiger partial charge in [-0.25, -0.2) is 0 Å². The summed E-state index contributed by atoms with van der Waals surface area (Å²) in [7, 11) is 0. The minimum atomic E-state index is -0.617. The fourth-order valence-electron chi connectivity index (χ4n) is 4.17. The van der Waals surface area contributed by atoms with E-state index in [9.17, 15) is 9.59 Å². The minimum absolute atomic E-state index is 0.0109. The number of ether oxygens (including phenoxy) is 1. The van der Waals surface area contributed by atoms with Crippen LogP contribution in [-0.4, -0.2) is 49.0 Å². The predicted octanol–water partition coefficient (Wildman–Crippen LogP) is 3.41. The number of likely N-dealkylation sites (tertiary alicyclic amines) is 1. The highest BCUT2D eigenvalue weighted by atomic mass is 35.5. The maximum absolute atomic E-state index is 12.8. The number of benzene rings is 2. The van der Waals surface area contributed by atoms with Crippen molar-refractivity contribution in [3.63, 3.8) is 0 Å². The highest BCUT2D eigenvalue weighted by Crippen LogP contribution is 2.33. The van der Waals surface area contributed by atoms with Gasteiger partial charge in [-0.1, -0.05) is 41.9 Å². The Morgan fingerprint density at radius 1 is 1.17 bits per heavy atom. The number of carbonyl (C=O) groups excluding carboxylic acids is 2. The Hall–Kier alpha value is -2.57. The molecule has 2 aromatic carbocycles. The van der Waals surface area contributed by atoms with Crippen LogP contribution in [0.2, 0.25) is 5.02 Å². The summed E-state index contributed by atoms with van der Waals surface area (Å²) in [5.74, 6) is 0.193. The van der Waals surface area contributed by atoms with Crippen molar-refractivity contribution in [2.24, 2.45) is 0 Å². The van der Waals surface area contributed by atoms with Crippen molar-refractivity contribution in [1.29, 1.82) is 0 Å². The maximum Gasteiger partial charge on any atom is 0.268 e. The van der Waals surface area contributed by atoms with Crippen LogP contribution >= 0.6 is 11.6 Å². The maximum atomic E-state index is 12.8. The SMILES string of the molecule is C[C@H]1Oc2ccccc2N(CC(=O)NC[C@H](c2ccccc2Cl)N2CCCC2)C1=O. The fraction of sp³-hybridized carbons (Fsp3) is 0.391. The average Bonchev–Trinajstić information content (AvgIpc) is 3.27. The molecule has 0 saturated carbocycles. The van der Waals surface area contributed by atoms with E-state index in [1.165, 1.54) is 4.90 Å². The molecule has 0 unspecified atom stereocenters. The van der Waals surface area contributed by atoms with Crippen molar-refractivity contribution in [1.82, 2.24) is 10.2 Å². The molecule has 1 fully saturated rings. The number of hydrogen-bond acceptors (Lipinski definition) is 4. The van der Waals surface area contributed by atoms with Crippen LogP contribution in [-0.2, 0) is 9.59 Å². The van der Waals surface area contributed by atoms with Gasteiger partial charge in [0.15, 0.2) is 6.10 Å². The molecule has 0 radical (unpaired) electrons. The molecule has 2 aromatic rings. The number of amides is 2. The summed E-state index contributed by atoms with van der Waals surface area (Å²) in [5.41, 5.74) is 1.64. The molecule has 6 nitrogen and oxygen atoms in total. The summed E-state index contributed by atoms with van der Waals surface area (Å²) < 4.78 is 5.65. The number of para-hydroxylation sites is 2. The van der Waals surface area contributed by atoms with Gasteiger partial charge >= 0.3 is 0 Å². The molecule has 0 bridgehead atoms. The van der Waals surface area contributed by atoms with Gasteiger partial charge in [0.2, 0.25) is 5.91 Å². The first kappa shape index (κ1) is 20.7. The van der Waals surface area contributed by atoms with Gasteiger partial charge in [-0.2, -0.15) is 0 Å². The number of hydrogen-bond donors (Lipinski definition) is 1. The number of halogens is 1. The van der Waals surface area contributed by atoms with Crippen molar-refractivity contribution < 1.29 is 14.3 Å². The number of rotatable bonds is 6. The summed E-state index contributed by atoms with van der Waals surface area (Å²) >= 11 is 6.45. The van der Waals surface area contributed by atoms with Gasteiger partial charge in [0.05, 0.1) is 11.7 Å². The van der Waals surface area contributed by atoms with Crippen LogP contribution in [0.4, 0.5) is 5.69 Å². The molecule has 158 valence electrons. The van der Waals surface area contributed by atoms with Crippen LogP contribution in [0.3, 0.4) is 0 Å². The normalized spacial score (nSPS) is 19.9. The Morgan fingerprint density at radius 3 is 2.63 bits per heavy atom. The zero-order valence-electron chi connectivity index (χ0n) is 17.0. The predicted molar refractivity (Wildman–Crippen MR) is 117 cm³/mol. The lowest BCUT2D eigenvalue weighted by Crippen LogP contribution is -2.49. The van der Waals surface area contributed by atoms with Crippen LogP contribution in [0, 0.1) is 0 Å². The van der Waals surface area contributed by atoms with Gasteiger partial charge in [-0.15, -0.1) is 0 Å². The van der Waals surface area contributed by atoms with Gasteiger partial charge < -0.3 is 10.1 Å². The van der Waals surface area contributed by atoms with Crippen molar-refractivity contribution >= 4 is 29.1 Å². The Labute approximate surface area is 181 Å². The molecule has 1 saturated heterocycles. The molecule has 7 heteroatoms. The van der Waals surface area contributed by atoms with Crippen molar-refractivity contribution in [2.75, 3.05) is 31.1 Å². The van der Waals surface area contributed by atoms with Crippen LogP contribution < -0.4 is 15.0 Å². The largest absolute Gasteiger partial charge is 0.479 e. The summed E-state index contributed by atoms with van der Waals surface area (Å²) in [6, 6.07) is 15.1. The van der Waals surface area contributed by atoms with E-state index in [2.05, 4.69) is 10.2 Å². The number of anilines is 1. The van der Waals surface area contributed by atoms with E-state index in [0.717, 1.165) is 31.5 Å². The molecule has 0 spiro atoms. The molecule has 2 aliphatic heterocycles. The lowest BCUT2D eigenvalue weighted by molar-refractivity contribution is -0.128. The highest BCUT2D eigenvalue weighted by Gasteiger charge is 2.33. The lowest BCUT2D eigenvalue weighted by Gasteiger charge is -2.33. The van der Waals surface area contributed by atoms with E-state index in [1.54, 1.807) is 13.0 Å². The van der Waals surface area contributed by atoms with Crippen molar-refractivity contribution in [2.45, 2.75) is 31.9 Å². The topological polar surface area (TPSA) is 61.9 Å². The zero-order chi connectivity index (χ0) is 21.1. The van der Waals surface area contributed by atoms with E-state index in [0.29, 0.717) is 23.0 Å². The monoisotopic (exact) mass is 427 g/mol. The van der Waals surface area contributed by atoms with Gasteiger partial charge in [0.25, 0.3) is 5.91 Å². The molecule has 2 atom stereocenters. The van der Waals surface area contributed by atoms with Gasteiger partial charge in [-0.05, 0) is 56.6 Å². The number of nitrogens with one attached hydrogen (secondary N) is 1. The van der Waals surface area contributed by atoms with Crippen molar-refractivity contribution in [3.05, 3.63) is 59.1 Å². The van der Waals surface area contributed by atoms with E-state index in [-0.39, 0.29) is 24.4 Å². The average molecular weight is 428 g/mol. The first-order valence-corrected chi connectivity index (χ1v) is 10.7. The van der Waals surface area contributed by atoms with Crippen LogP contribution in [0.25, 0.3) is 0 Å². The standard InChI is InChI=1S/C23H26ClN3O3/c1-16-23(29)27(19-10-4-5-11-21(19)30-16)15-22(28)25-14-20(26-12-6-7-13-26)17-8-2-3-9-18(17)24/h2-5,8-11,16,20H,6-7,12-15H2,1H3,(H,25,28)/t16-,20-/m1/s1. The third-order valence-corrected chi connectivity index (χ3v) is 6.06. The summed E-state index contributed by atoms with van der Waals surface area (Å²) in [4.78, 5) is 29.3. The number of carbonyl (C=O) groups is 2. The van der Waals surface area contributed by atoms with E-state index in [1.807, 2.05) is 42.5 Å². The first-order chi connectivity index (χ1) is 14.5. The molecule has 4 rings (SSSR count). The number of nitrogens with zero attached hydrogens (tertiary/aromatic N) is 2. The molecule has 2 amide bonds. The second-order valence-electron chi connectivity index (χ2n) is 7.74. The highest BCUT2D eigenvalue weighted by molar-refractivity contribution is 6.31. The van der Waals surface area contributed by atoms with Crippen LogP contribution in [0.5, 0.6) is 5.75 Å². The molecule has 2 aliphatic rings. The molecule has 0 aromatic heterocycles. The smallest absolute Gasteiger partial charge is 0.268 e. The summed E-state index contributed by atoms with van der Waals surface area (Å²) in [5, 5.41) is 3.73. The fourth-order valence-corrected chi connectivity index (χ4v) is 4.43. The minimum Gasteiger partial charge on any atom is -0.479 e.